The number of furan rings is 1. The number of fused-ring (bicyclic) bond motifs is 1. The summed E-state index contributed by atoms with van der Waals surface area (Å²) in [6, 6.07) is 12.1. The number of aromatic nitrogens is 1. The fourth-order valence-corrected chi connectivity index (χ4v) is 2.41. The Hall–Kier alpha value is -2.17. The number of nitrogens with zero attached hydrogens (tertiary/aromatic N) is 1. The molecule has 0 amide bonds. The molecule has 4 nitrogen and oxygen atoms in total. The van der Waals surface area contributed by atoms with Crippen LogP contribution in [0, 0.1) is 6.92 Å². The monoisotopic (exact) mass is 283 g/mol. The van der Waals surface area contributed by atoms with E-state index in [4.69, 9.17) is 13.9 Å². The molecule has 3 rings (SSSR count). The molecular formula is C17H17NO3. The van der Waals surface area contributed by atoms with Gasteiger partial charge in [0.25, 0.3) is 0 Å². The number of rotatable bonds is 4. The molecule has 3 aromatic rings. The van der Waals surface area contributed by atoms with Crippen LogP contribution in [0.25, 0.3) is 22.1 Å². The third-order valence-electron chi connectivity index (χ3n) is 3.43. The first kappa shape index (κ1) is 13.8. The van der Waals surface area contributed by atoms with E-state index in [2.05, 4.69) is 11.1 Å². The molecule has 108 valence electrons. The van der Waals surface area contributed by atoms with E-state index in [0.717, 1.165) is 33.6 Å². The van der Waals surface area contributed by atoms with E-state index in [1.165, 1.54) is 0 Å². The van der Waals surface area contributed by atoms with Crippen molar-refractivity contribution >= 4 is 11.0 Å². The van der Waals surface area contributed by atoms with Crippen molar-refractivity contribution in [1.29, 1.82) is 0 Å². The van der Waals surface area contributed by atoms with E-state index in [-0.39, 0.29) is 0 Å². The maximum absolute atomic E-state index is 5.59. The summed E-state index contributed by atoms with van der Waals surface area (Å²) in [6.07, 6.45) is 1.40. The Bertz CT molecular complexity index is 742. The SMILES string of the molecule is COC(OC)c1ccc(-c2ccc3oc(C)cc3c2)cn1. The minimum absolute atomic E-state index is 0.432. The van der Waals surface area contributed by atoms with Gasteiger partial charge in [-0.1, -0.05) is 12.1 Å². The Morgan fingerprint density at radius 1 is 1.00 bits per heavy atom. The van der Waals surface area contributed by atoms with Gasteiger partial charge >= 0.3 is 0 Å². The molecule has 0 saturated heterocycles. The van der Waals surface area contributed by atoms with E-state index < -0.39 is 6.29 Å². The zero-order valence-electron chi connectivity index (χ0n) is 12.3. The fourth-order valence-electron chi connectivity index (χ4n) is 2.41. The molecule has 2 aromatic heterocycles. The van der Waals surface area contributed by atoms with Crippen LogP contribution >= 0.6 is 0 Å². The van der Waals surface area contributed by atoms with Gasteiger partial charge in [0.05, 0.1) is 5.69 Å². The Kier molecular flexibility index (Phi) is 3.73. The van der Waals surface area contributed by atoms with Gasteiger partial charge in [-0.2, -0.15) is 0 Å². The van der Waals surface area contributed by atoms with Gasteiger partial charge in [-0.25, -0.2) is 0 Å². The zero-order chi connectivity index (χ0) is 14.8. The van der Waals surface area contributed by atoms with E-state index in [9.17, 15) is 0 Å². The summed E-state index contributed by atoms with van der Waals surface area (Å²) in [4.78, 5) is 4.41. The predicted molar refractivity (Wildman–Crippen MR) is 80.9 cm³/mol. The first-order valence-electron chi connectivity index (χ1n) is 6.73. The molecule has 0 N–H and O–H groups in total. The highest BCUT2D eigenvalue weighted by atomic mass is 16.7. The molecule has 21 heavy (non-hydrogen) atoms. The molecule has 0 unspecified atom stereocenters. The van der Waals surface area contributed by atoms with Crippen molar-refractivity contribution in [3.8, 4) is 11.1 Å². The first-order valence-corrected chi connectivity index (χ1v) is 6.73. The maximum Gasteiger partial charge on any atom is 0.200 e. The normalized spacial score (nSPS) is 11.4. The largest absolute Gasteiger partial charge is 0.461 e. The Morgan fingerprint density at radius 3 is 2.43 bits per heavy atom. The molecule has 0 spiro atoms. The number of pyridine rings is 1. The van der Waals surface area contributed by atoms with Crippen LogP contribution in [0.4, 0.5) is 0 Å². The lowest BCUT2D eigenvalue weighted by atomic mass is 10.1. The van der Waals surface area contributed by atoms with Crippen LogP contribution in [0.5, 0.6) is 0 Å². The molecule has 4 heteroatoms. The van der Waals surface area contributed by atoms with Gasteiger partial charge in [0.15, 0.2) is 0 Å². The van der Waals surface area contributed by atoms with Gasteiger partial charge in [-0.05, 0) is 36.8 Å². The van der Waals surface area contributed by atoms with Gasteiger partial charge in [0.2, 0.25) is 6.29 Å². The van der Waals surface area contributed by atoms with Gasteiger partial charge < -0.3 is 13.9 Å². The summed E-state index contributed by atoms with van der Waals surface area (Å²) in [5, 5.41) is 1.10. The van der Waals surface area contributed by atoms with Crippen LogP contribution in [0.15, 0.2) is 47.0 Å². The molecule has 0 atom stereocenters. The predicted octanol–water partition coefficient (Wildman–Crippen LogP) is 4.09. The van der Waals surface area contributed by atoms with Crippen LogP contribution in [0.2, 0.25) is 0 Å². The molecule has 0 aliphatic carbocycles. The summed E-state index contributed by atoms with van der Waals surface area (Å²) >= 11 is 0. The van der Waals surface area contributed by atoms with E-state index in [0.29, 0.717) is 0 Å². The highest BCUT2D eigenvalue weighted by Crippen LogP contribution is 2.27. The molecule has 0 aliphatic heterocycles. The number of aryl methyl sites for hydroxylation is 1. The van der Waals surface area contributed by atoms with E-state index in [1.807, 2.05) is 43.5 Å². The van der Waals surface area contributed by atoms with E-state index in [1.54, 1.807) is 14.2 Å². The van der Waals surface area contributed by atoms with Crippen LogP contribution in [0.1, 0.15) is 17.7 Å². The topological polar surface area (TPSA) is 44.5 Å². The second-order valence-corrected chi connectivity index (χ2v) is 4.88. The van der Waals surface area contributed by atoms with Crippen LogP contribution in [-0.2, 0) is 9.47 Å². The number of benzene rings is 1. The van der Waals surface area contributed by atoms with Crippen molar-refractivity contribution in [3.63, 3.8) is 0 Å². The minimum atomic E-state index is -0.432. The summed E-state index contributed by atoms with van der Waals surface area (Å²) in [5.41, 5.74) is 3.81. The highest BCUT2D eigenvalue weighted by Gasteiger charge is 2.10. The summed E-state index contributed by atoms with van der Waals surface area (Å²) in [7, 11) is 3.19. The van der Waals surface area contributed by atoms with Crippen molar-refractivity contribution in [1.82, 2.24) is 4.98 Å². The summed E-state index contributed by atoms with van der Waals surface area (Å²) < 4.78 is 16.0. The van der Waals surface area contributed by atoms with E-state index >= 15 is 0 Å². The van der Waals surface area contributed by atoms with Crippen LogP contribution in [0.3, 0.4) is 0 Å². The minimum Gasteiger partial charge on any atom is -0.461 e. The number of hydrogen-bond donors (Lipinski definition) is 0. The highest BCUT2D eigenvalue weighted by molar-refractivity contribution is 5.83. The Labute approximate surface area is 123 Å². The van der Waals surface area contributed by atoms with Crippen molar-refractivity contribution in [3.05, 3.63) is 54.0 Å². The lowest BCUT2D eigenvalue weighted by Gasteiger charge is -2.12. The second-order valence-electron chi connectivity index (χ2n) is 4.88. The van der Waals surface area contributed by atoms with Crippen molar-refractivity contribution in [2.45, 2.75) is 13.2 Å². The Morgan fingerprint density at radius 2 is 1.76 bits per heavy atom. The van der Waals surface area contributed by atoms with Crippen LogP contribution in [-0.4, -0.2) is 19.2 Å². The number of ether oxygens (including phenoxy) is 2. The smallest absolute Gasteiger partial charge is 0.200 e. The standard InChI is InChI=1S/C17H17NO3/c1-11-8-14-9-12(5-7-16(14)21-11)13-4-6-15(18-10-13)17(19-2)20-3/h4-10,17H,1-3H3. The van der Waals surface area contributed by atoms with Gasteiger partial charge in [-0.15, -0.1) is 0 Å². The average molecular weight is 283 g/mol. The fraction of sp³-hybridized carbons (Fsp3) is 0.235. The lowest BCUT2D eigenvalue weighted by Crippen LogP contribution is -2.05. The number of methoxy groups -OCH3 is 2. The van der Waals surface area contributed by atoms with Crippen molar-refractivity contribution in [2.24, 2.45) is 0 Å². The molecule has 2 heterocycles. The third kappa shape index (κ3) is 2.68. The molecular weight excluding hydrogens is 266 g/mol. The third-order valence-corrected chi connectivity index (χ3v) is 3.43. The van der Waals surface area contributed by atoms with Crippen LogP contribution < -0.4 is 0 Å². The molecule has 1 aromatic carbocycles. The van der Waals surface area contributed by atoms with Gasteiger partial charge in [0.1, 0.15) is 11.3 Å². The van der Waals surface area contributed by atoms with Crippen molar-refractivity contribution in [2.75, 3.05) is 14.2 Å². The molecule has 0 radical (unpaired) electrons. The Balaban J connectivity index is 1.94. The zero-order valence-corrected chi connectivity index (χ0v) is 12.3. The summed E-state index contributed by atoms with van der Waals surface area (Å²) in [5.74, 6) is 0.915. The summed E-state index contributed by atoms with van der Waals surface area (Å²) in [6.45, 7) is 1.95. The molecule has 0 aliphatic rings. The van der Waals surface area contributed by atoms with Gasteiger partial charge in [-0.3, -0.25) is 4.98 Å². The quantitative estimate of drug-likeness (QED) is 0.676. The molecule has 0 fully saturated rings. The molecule has 0 bridgehead atoms. The average Bonchev–Trinajstić information content (AvgIpc) is 2.88. The van der Waals surface area contributed by atoms with Gasteiger partial charge in [0, 0.05) is 31.4 Å². The number of hydrogen-bond acceptors (Lipinski definition) is 4. The second kappa shape index (κ2) is 5.68. The first-order chi connectivity index (χ1) is 10.2. The molecule has 0 saturated carbocycles. The van der Waals surface area contributed by atoms with Crippen molar-refractivity contribution < 1.29 is 13.9 Å². The maximum atomic E-state index is 5.59. The lowest BCUT2D eigenvalue weighted by molar-refractivity contribution is -0.108.